The van der Waals surface area contributed by atoms with Crippen molar-refractivity contribution in [3.63, 3.8) is 0 Å². The Morgan fingerprint density at radius 1 is 0.909 bits per heavy atom. The summed E-state index contributed by atoms with van der Waals surface area (Å²) in [6.07, 6.45) is 1.33. The molecular formula is C18H18O4. The van der Waals surface area contributed by atoms with Crippen LogP contribution in [0.25, 0.3) is 0 Å². The van der Waals surface area contributed by atoms with E-state index in [0.29, 0.717) is 36.3 Å². The average molecular weight is 298 g/mol. The molecule has 4 heteroatoms. The minimum Gasteiger partial charge on any atom is -0.493 e. The Labute approximate surface area is 129 Å². The first-order valence-corrected chi connectivity index (χ1v) is 7.22. The van der Waals surface area contributed by atoms with Crippen molar-refractivity contribution in [2.45, 2.75) is 19.3 Å². The third kappa shape index (κ3) is 4.45. The number of carbonyl (C=O) groups excluding carboxylic acids is 1. The van der Waals surface area contributed by atoms with Gasteiger partial charge in [-0.25, -0.2) is 0 Å². The van der Waals surface area contributed by atoms with Gasteiger partial charge in [0.15, 0.2) is 5.78 Å². The van der Waals surface area contributed by atoms with Crippen LogP contribution in [-0.2, 0) is 4.79 Å². The van der Waals surface area contributed by atoms with Gasteiger partial charge in [-0.15, -0.1) is 0 Å². The molecule has 0 radical (unpaired) electrons. The van der Waals surface area contributed by atoms with Crippen LogP contribution in [-0.4, -0.2) is 23.5 Å². The van der Waals surface area contributed by atoms with Crippen LogP contribution in [0.4, 0.5) is 0 Å². The molecular weight excluding hydrogens is 280 g/mol. The van der Waals surface area contributed by atoms with E-state index < -0.39 is 5.97 Å². The molecule has 0 spiro atoms. The van der Waals surface area contributed by atoms with Crippen molar-refractivity contribution >= 4 is 11.8 Å². The molecule has 1 N–H and O–H groups in total. The Hall–Kier alpha value is -2.62. The van der Waals surface area contributed by atoms with Crippen molar-refractivity contribution in [2.24, 2.45) is 0 Å². The number of ketones is 1. The predicted octanol–water partition coefficient (Wildman–Crippen LogP) is 3.55. The summed E-state index contributed by atoms with van der Waals surface area (Å²) in [4.78, 5) is 22.9. The summed E-state index contributed by atoms with van der Waals surface area (Å²) in [5.74, 6) is -0.354. The number of hydrogen-bond acceptors (Lipinski definition) is 3. The van der Waals surface area contributed by atoms with E-state index >= 15 is 0 Å². The molecule has 4 nitrogen and oxygen atoms in total. The molecule has 0 bridgehead atoms. The van der Waals surface area contributed by atoms with Gasteiger partial charge in [0.1, 0.15) is 5.75 Å². The van der Waals surface area contributed by atoms with Gasteiger partial charge in [-0.3, -0.25) is 9.59 Å². The van der Waals surface area contributed by atoms with Crippen molar-refractivity contribution < 1.29 is 19.4 Å². The van der Waals surface area contributed by atoms with Gasteiger partial charge >= 0.3 is 5.97 Å². The van der Waals surface area contributed by atoms with E-state index in [2.05, 4.69) is 0 Å². The van der Waals surface area contributed by atoms with Gasteiger partial charge in [0.05, 0.1) is 12.2 Å². The lowest BCUT2D eigenvalue weighted by atomic mass is 10.0. The van der Waals surface area contributed by atoms with Crippen LogP contribution >= 0.6 is 0 Å². The standard InChI is InChI=1S/C18H18O4/c19-17(20)12-6-7-13-22-16-11-5-4-10-15(16)18(21)14-8-2-1-3-9-14/h1-5,8-11H,6-7,12-13H2,(H,19,20). The molecule has 0 fully saturated rings. The second-order valence-corrected chi connectivity index (χ2v) is 4.89. The SMILES string of the molecule is O=C(O)CCCCOc1ccccc1C(=O)c1ccccc1. The number of aliphatic carboxylic acids is 1. The third-order valence-corrected chi connectivity index (χ3v) is 3.21. The van der Waals surface area contributed by atoms with E-state index in [1.807, 2.05) is 24.3 Å². The summed E-state index contributed by atoms with van der Waals surface area (Å²) >= 11 is 0. The number of para-hydroxylation sites is 1. The van der Waals surface area contributed by atoms with Gasteiger partial charge in [-0.05, 0) is 25.0 Å². The van der Waals surface area contributed by atoms with E-state index in [4.69, 9.17) is 9.84 Å². The monoisotopic (exact) mass is 298 g/mol. The van der Waals surface area contributed by atoms with Crippen LogP contribution in [0, 0.1) is 0 Å². The topological polar surface area (TPSA) is 63.6 Å². The van der Waals surface area contributed by atoms with E-state index in [-0.39, 0.29) is 12.2 Å². The second kappa shape index (κ2) is 7.98. The first kappa shape index (κ1) is 15.8. The molecule has 0 amide bonds. The highest BCUT2D eigenvalue weighted by Crippen LogP contribution is 2.21. The van der Waals surface area contributed by atoms with Crippen molar-refractivity contribution in [1.29, 1.82) is 0 Å². The maximum atomic E-state index is 12.5. The molecule has 0 aliphatic rings. The summed E-state index contributed by atoms with van der Waals surface area (Å²) in [6.45, 7) is 0.395. The Morgan fingerprint density at radius 3 is 2.32 bits per heavy atom. The first-order valence-electron chi connectivity index (χ1n) is 7.22. The van der Waals surface area contributed by atoms with Gasteiger partial charge in [-0.2, -0.15) is 0 Å². The Balaban J connectivity index is 2.01. The smallest absolute Gasteiger partial charge is 0.303 e. The molecule has 0 heterocycles. The molecule has 2 aromatic carbocycles. The highest BCUT2D eigenvalue weighted by Gasteiger charge is 2.13. The molecule has 0 aromatic heterocycles. The molecule has 22 heavy (non-hydrogen) atoms. The number of carboxylic acid groups (broad SMARTS) is 1. The van der Waals surface area contributed by atoms with Crippen LogP contribution in [0.15, 0.2) is 54.6 Å². The maximum Gasteiger partial charge on any atom is 0.303 e. The molecule has 0 atom stereocenters. The van der Waals surface area contributed by atoms with Crippen molar-refractivity contribution in [1.82, 2.24) is 0 Å². The van der Waals surface area contributed by atoms with Crippen molar-refractivity contribution in [3.8, 4) is 5.75 Å². The van der Waals surface area contributed by atoms with Gasteiger partial charge in [0.2, 0.25) is 0 Å². The van der Waals surface area contributed by atoms with E-state index in [1.54, 1.807) is 30.3 Å². The number of benzene rings is 2. The van der Waals surface area contributed by atoms with Gasteiger partial charge in [0, 0.05) is 12.0 Å². The average Bonchev–Trinajstić information content (AvgIpc) is 2.55. The summed E-state index contributed by atoms with van der Waals surface area (Å²) in [7, 11) is 0. The number of unbranched alkanes of at least 4 members (excludes halogenated alkanes) is 1. The van der Waals surface area contributed by atoms with Crippen molar-refractivity contribution in [3.05, 3.63) is 65.7 Å². The highest BCUT2D eigenvalue weighted by molar-refractivity contribution is 6.10. The molecule has 2 aromatic rings. The van der Waals surface area contributed by atoms with Crippen LogP contribution in [0.3, 0.4) is 0 Å². The summed E-state index contributed by atoms with van der Waals surface area (Å²) in [6, 6.07) is 16.2. The Kier molecular flexibility index (Phi) is 5.72. The lowest BCUT2D eigenvalue weighted by molar-refractivity contribution is -0.137. The normalized spacial score (nSPS) is 10.2. The lowest BCUT2D eigenvalue weighted by Gasteiger charge is -2.10. The zero-order valence-electron chi connectivity index (χ0n) is 12.2. The summed E-state index contributed by atoms with van der Waals surface area (Å²) < 4.78 is 5.65. The largest absolute Gasteiger partial charge is 0.493 e. The minimum absolute atomic E-state index is 0.0817. The number of carbonyl (C=O) groups is 2. The first-order chi connectivity index (χ1) is 10.7. The zero-order valence-corrected chi connectivity index (χ0v) is 12.2. The zero-order chi connectivity index (χ0) is 15.8. The van der Waals surface area contributed by atoms with E-state index in [9.17, 15) is 9.59 Å². The number of carboxylic acids is 1. The third-order valence-electron chi connectivity index (χ3n) is 3.21. The molecule has 0 unspecified atom stereocenters. The highest BCUT2D eigenvalue weighted by atomic mass is 16.5. The minimum atomic E-state index is -0.806. The molecule has 0 aliphatic heterocycles. The predicted molar refractivity (Wildman–Crippen MR) is 83.3 cm³/mol. The molecule has 0 saturated heterocycles. The number of ether oxygens (including phenoxy) is 1. The summed E-state index contributed by atoms with van der Waals surface area (Å²) in [5.41, 5.74) is 1.14. The van der Waals surface area contributed by atoms with Gasteiger partial charge in [0.25, 0.3) is 0 Å². The lowest BCUT2D eigenvalue weighted by Crippen LogP contribution is -2.06. The van der Waals surface area contributed by atoms with Crippen LogP contribution < -0.4 is 4.74 Å². The van der Waals surface area contributed by atoms with Crippen LogP contribution in [0.5, 0.6) is 5.75 Å². The van der Waals surface area contributed by atoms with E-state index in [0.717, 1.165) is 0 Å². The number of hydrogen-bond donors (Lipinski definition) is 1. The summed E-state index contributed by atoms with van der Waals surface area (Å²) in [5, 5.41) is 8.59. The Morgan fingerprint density at radius 2 is 1.59 bits per heavy atom. The second-order valence-electron chi connectivity index (χ2n) is 4.89. The fraction of sp³-hybridized carbons (Fsp3) is 0.222. The number of rotatable bonds is 8. The van der Waals surface area contributed by atoms with Gasteiger partial charge in [-0.1, -0.05) is 42.5 Å². The van der Waals surface area contributed by atoms with Crippen LogP contribution in [0.2, 0.25) is 0 Å². The van der Waals surface area contributed by atoms with Crippen LogP contribution in [0.1, 0.15) is 35.2 Å². The Bertz CT molecular complexity index is 635. The van der Waals surface area contributed by atoms with E-state index in [1.165, 1.54) is 0 Å². The molecule has 0 saturated carbocycles. The van der Waals surface area contributed by atoms with Crippen molar-refractivity contribution in [2.75, 3.05) is 6.61 Å². The molecule has 0 aliphatic carbocycles. The van der Waals surface area contributed by atoms with Gasteiger partial charge < -0.3 is 9.84 Å². The maximum absolute atomic E-state index is 12.5. The molecule has 114 valence electrons. The quantitative estimate of drug-likeness (QED) is 0.598. The fourth-order valence-electron chi connectivity index (χ4n) is 2.09. The molecule has 2 rings (SSSR count). The fourth-order valence-corrected chi connectivity index (χ4v) is 2.09.